The van der Waals surface area contributed by atoms with Crippen LogP contribution in [0.3, 0.4) is 0 Å². The number of rotatable bonds is 7. The maximum Gasteiger partial charge on any atom is 0.327 e. The number of H-pyrrole nitrogens is 1. The molecule has 1 spiro atoms. The third-order valence-electron chi connectivity index (χ3n) is 5.86. The van der Waals surface area contributed by atoms with Crippen molar-refractivity contribution in [3.63, 3.8) is 0 Å². The van der Waals surface area contributed by atoms with E-state index in [0.29, 0.717) is 44.7 Å². The summed E-state index contributed by atoms with van der Waals surface area (Å²) in [4.78, 5) is 44.0. The summed E-state index contributed by atoms with van der Waals surface area (Å²) in [7, 11) is 0. The Morgan fingerprint density at radius 2 is 1.90 bits per heavy atom. The number of nitrogens with zero attached hydrogens (tertiary/aromatic N) is 4. The van der Waals surface area contributed by atoms with E-state index in [1.165, 1.54) is 4.90 Å². The predicted molar refractivity (Wildman–Crippen MR) is 109 cm³/mol. The molecule has 4 amide bonds. The summed E-state index contributed by atoms with van der Waals surface area (Å²) >= 11 is 0. The Morgan fingerprint density at radius 3 is 2.48 bits per heavy atom. The van der Waals surface area contributed by atoms with Crippen LogP contribution in [0.15, 0.2) is 6.07 Å². The molecule has 2 aliphatic rings. The number of urea groups is 1. The lowest BCUT2D eigenvalue weighted by Crippen LogP contribution is -2.58. The third-order valence-corrected chi connectivity index (χ3v) is 5.86. The van der Waals surface area contributed by atoms with Crippen molar-refractivity contribution in [2.24, 2.45) is 5.92 Å². The zero-order valence-electron chi connectivity index (χ0n) is 18.0. The number of imide groups is 1. The molecule has 0 saturated carbocycles. The summed E-state index contributed by atoms with van der Waals surface area (Å²) in [6, 6.07) is 1.64. The molecular formula is C21H33N5O3. The summed E-state index contributed by atoms with van der Waals surface area (Å²) in [6.45, 7) is 10.1. The van der Waals surface area contributed by atoms with Gasteiger partial charge in [0.15, 0.2) is 0 Å². The van der Waals surface area contributed by atoms with Gasteiger partial charge in [0.05, 0.1) is 0 Å². The minimum absolute atomic E-state index is 0.0953. The number of aromatic nitrogens is 2. The minimum Gasteiger partial charge on any atom is -0.337 e. The molecule has 1 aromatic rings. The van der Waals surface area contributed by atoms with Crippen molar-refractivity contribution in [1.82, 2.24) is 24.9 Å². The Labute approximate surface area is 172 Å². The number of carbonyl (C=O) groups excluding carboxylic acids is 3. The van der Waals surface area contributed by atoms with E-state index in [2.05, 4.69) is 31.0 Å². The second-order valence-corrected chi connectivity index (χ2v) is 8.60. The van der Waals surface area contributed by atoms with E-state index in [1.54, 1.807) is 9.80 Å². The lowest BCUT2D eigenvalue weighted by Gasteiger charge is -2.42. The van der Waals surface area contributed by atoms with E-state index in [9.17, 15) is 14.4 Å². The van der Waals surface area contributed by atoms with Gasteiger partial charge in [0.1, 0.15) is 11.2 Å². The fourth-order valence-corrected chi connectivity index (χ4v) is 4.42. The standard InChI is InChI=1S/C21H33N5O3/c1-5-7-16-13-17(23-22-16)18(27)24-11-8-21(9-12-24)19(28)25(10-6-2)20(29)26(21)14-15(3)4/h13,15H,5-12,14H2,1-4H3,(H,22,23). The number of amides is 4. The van der Waals surface area contributed by atoms with Crippen LogP contribution >= 0.6 is 0 Å². The van der Waals surface area contributed by atoms with Gasteiger partial charge in [0, 0.05) is 31.9 Å². The molecule has 0 bridgehead atoms. The number of hydrogen-bond donors (Lipinski definition) is 1. The molecule has 2 saturated heterocycles. The second kappa shape index (κ2) is 8.55. The van der Waals surface area contributed by atoms with Gasteiger partial charge in [-0.05, 0) is 37.7 Å². The Balaban J connectivity index is 1.75. The zero-order valence-corrected chi connectivity index (χ0v) is 18.0. The number of nitrogens with one attached hydrogen (secondary N) is 1. The topological polar surface area (TPSA) is 89.6 Å². The zero-order chi connectivity index (χ0) is 21.2. The number of piperidine rings is 1. The summed E-state index contributed by atoms with van der Waals surface area (Å²) in [5, 5.41) is 7.09. The van der Waals surface area contributed by atoms with Gasteiger partial charge in [-0.3, -0.25) is 19.6 Å². The van der Waals surface area contributed by atoms with Crippen molar-refractivity contribution >= 4 is 17.8 Å². The van der Waals surface area contributed by atoms with Crippen LogP contribution in [0, 0.1) is 5.92 Å². The van der Waals surface area contributed by atoms with Crippen molar-refractivity contribution in [3.8, 4) is 0 Å². The first-order valence-corrected chi connectivity index (χ1v) is 10.8. The summed E-state index contributed by atoms with van der Waals surface area (Å²) in [5.41, 5.74) is 0.566. The third kappa shape index (κ3) is 3.89. The molecule has 8 nitrogen and oxygen atoms in total. The Bertz CT molecular complexity index is 764. The molecule has 8 heteroatoms. The number of aryl methyl sites for hydroxylation is 1. The van der Waals surface area contributed by atoms with Gasteiger partial charge in [-0.25, -0.2) is 4.79 Å². The van der Waals surface area contributed by atoms with E-state index in [0.717, 1.165) is 25.0 Å². The number of likely N-dealkylation sites (tertiary alicyclic amines) is 1. The van der Waals surface area contributed by atoms with Crippen molar-refractivity contribution in [1.29, 1.82) is 0 Å². The fraction of sp³-hybridized carbons (Fsp3) is 0.714. The first-order valence-electron chi connectivity index (χ1n) is 10.8. The van der Waals surface area contributed by atoms with Crippen molar-refractivity contribution < 1.29 is 14.4 Å². The largest absolute Gasteiger partial charge is 0.337 e. The number of carbonyl (C=O) groups is 3. The molecular weight excluding hydrogens is 370 g/mol. The molecule has 1 N–H and O–H groups in total. The van der Waals surface area contributed by atoms with E-state index in [-0.39, 0.29) is 23.8 Å². The highest BCUT2D eigenvalue weighted by Crippen LogP contribution is 2.38. The molecule has 0 atom stereocenters. The molecule has 0 aliphatic carbocycles. The predicted octanol–water partition coefficient (Wildman–Crippen LogP) is 2.67. The van der Waals surface area contributed by atoms with Gasteiger partial charge in [0.2, 0.25) is 0 Å². The van der Waals surface area contributed by atoms with Crippen LogP contribution in [0.25, 0.3) is 0 Å². The molecule has 2 aliphatic heterocycles. The van der Waals surface area contributed by atoms with Gasteiger partial charge in [-0.2, -0.15) is 5.10 Å². The first kappa shape index (κ1) is 21.3. The molecule has 1 aromatic heterocycles. The maximum atomic E-state index is 13.2. The normalized spacial score (nSPS) is 19.1. The minimum atomic E-state index is -0.813. The van der Waals surface area contributed by atoms with Crippen LogP contribution < -0.4 is 0 Å². The van der Waals surface area contributed by atoms with Gasteiger partial charge in [-0.1, -0.05) is 34.1 Å². The Hall–Kier alpha value is -2.38. The Kier molecular flexibility index (Phi) is 6.29. The van der Waals surface area contributed by atoms with Crippen molar-refractivity contribution in [2.45, 2.75) is 65.3 Å². The molecule has 3 heterocycles. The van der Waals surface area contributed by atoms with Crippen LogP contribution in [-0.2, 0) is 11.2 Å². The van der Waals surface area contributed by atoms with E-state index < -0.39 is 5.54 Å². The average Bonchev–Trinajstić information content (AvgIpc) is 3.23. The molecule has 3 rings (SSSR count). The van der Waals surface area contributed by atoms with E-state index in [4.69, 9.17) is 0 Å². The smallest absolute Gasteiger partial charge is 0.327 e. The molecule has 0 unspecified atom stereocenters. The van der Waals surface area contributed by atoms with Crippen molar-refractivity contribution in [2.75, 3.05) is 26.2 Å². The SMILES string of the molecule is CCCc1cc(C(=O)N2CCC3(CC2)C(=O)N(CCC)C(=O)N3CC(C)C)n[nH]1. The summed E-state index contributed by atoms with van der Waals surface area (Å²) in [5.74, 6) is 0.0593. The quantitative estimate of drug-likeness (QED) is 0.709. The molecule has 160 valence electrons. The lowest BCUT2D eigenvalue weighted by atomic mass is 9.85. The fourth-order valence-electron chi connectivity index (χ4n) is 4.42. The summed E-state index contributed by atoms with van der Waals surface area (Å²) < 4.78 is 0. The molecule has 0 aromatic carbocycles. The Morgan fingerprint density at radius 1 is 1.21 bits per heavy atom. The average molecular weight is 404 g/mol. The van der Waals surface area contributed by atoms with Crippen LogP contribution in [-0.4, -0.2) is 74.5 Å². The van der Waals surface area contributed by atoms with Crippen LogP contribution in [0.2, 0.25) is 0 Å². The van der Waals surface area contributed by atoms with E-state index >= 15 is 0 Å². The maximum absolute atomic E-state index is 13.2. The molecule has 2 fully saturated rings. The van der Waals surface area contributed by atoms with Crippen LogP contribution in [0.4, 0.5) is 4.79 Å². The van der Waals surface area contributed by atoms with Gasteiger partial charge >= 0.3 is 6.03 Å². The van der Waals surface area contributed by atoms with E-state index in [1.807, 2.05) is 13.0 Å². The highest BCUT2D eigenvalue weighted by molar-refractivity contribution is 6.07. The highest BCUT2D eigenvalue weighted by Gasteiger charge is 2.57. The molecule has 29 heavy (non-hydrogen) atoms. The van der Waals surface area contributed by atoms with Gasteiger partial charge < -0.3 is 9.80 Å². The number of hydrogen-bond acceptors (Lipinski definition) is 4. The second-order valence-electron chi connectivity index (χ2n) is 8.60. The monoisotopic (exact) mass is 403 g/mol. The van der Waals surface area contributed by atoms with Gasteiger partial charge in [-0.15, -0.1) is 0 Å². The first-order chi connectivity index (χ1) is 13.8. The molecule has 0 radical (unpaired) electrons. The van der Waals surface area contributed by atoms with Crippen molar-refractivity contribution in [3.05, 3.63) is 17.5 Å². The lowest BCUT2D eigenvalue weighted by molar-refractivity contribution is -0.135. The number of aromatic amines is 1. The highest BCUT2D eigenvalue weighted by atomic mass is 16.2. The van der Waals surface area contributed by atoms with Crippen LogP contribution in [0.5, 0.6) is 0 Å². The van der Waals surface area contributed by atoms with Crippen LogP contribution in [0.1, 0.15) is 69.6 Å². The summed E-state index contributed by atoms with van der Waals surface area (Å²) in [6.07, 6.45) is 3.54. The van der Waals surface area contributed by atoms with Gasteiger partial charge in [0.25, 0.3) is 11.8 Å².